The third-order valence-electron chi connectivity index (χ3n) is 4.79. The van der Waals surface area contributed by atoms with Gasteiger partial charge in [0.15, 0.2) is 19.7 Å². The molecule has 2 aromatic rings. The highest BCUT2D eigenvalue weighted by Crippen LogP contribution is 2.21. The zero-order valence-corrected chi connectivity index (χ0v) is 19.0. The van der Waals surface area contributed by atoms with E-state index in [4.69, 9.17) is 0 Å². The molecule has 0 bridgehead atoms. The number of rotatable bonds is 10. The Bertz CT molecular complexity index is 948. The van der Waals surface area contributed by atoms with Gasteiger partial charge in [-0.05, 0) is 48.4 Å². The molecule has 2 aromatic carbocycles. The van der Waals surface area contributed by atoms with Crippen LogP contribution >= 0.6 is 0 Å². The largest absolute Gasteiger partial charge is 0.387 e. The van der Waals surface area contributed by atoms with Gasteiger partial charge in [0.25, 0.3) is 0 Å². The van der Waals surface area contributed by atoms with Crippen LogP contribution in [0.2, 0.25) is 0 Å². The van der Waals surface area contributed by atoms with Crippen molar-refractivity contribution in [2.24, 2.45) is 0 Å². The van der Waals surface area contributed by atoms with E-state index in [1.54, 1.807) is 24.3 Å². The highest BCUT2D eigenvalue weighted by atomic mass is 32.2. The van der Waals surface area contributed by atoms with Crippen LogP contribution in [0.15, 0.2) is 58.3 Å². The van der Waals surface area contributed by atoms with Crippen LogP contribution in [0, 0.1) is 0 Å². The van der Waals surface area contributed by atoms with Crippen LogP contribution < -0.4 is 0 Å². The summed E-state index contributed by atoms with van der Waals surface area (Å²) in [7, 11) is -6.60. The van der Waals surface area contributed by atoms with Crippen LogP contribution in [0.4, 0.5) is 0 Å². The molecule has 0 spiro atoms. The molecule has 0 saturated heterocycles. The lowest BCUT2D eigenvalue weighted by molar-refractivity contribution is 0.0688. The SMILES string of the molecule is CCCN(CC(O)c1ccc(S(C)(=O)=O)cc1)CC(O)c1ccc(S(C)(=O)=O)cc1. The predicted octanol–water partition coefficient (Wildman–Crippen LogP) is 1.97. The molecule has 2 unspecified atom stereocenters. The minimum Gasteiger partial charge on any atom is -0.387 e. The van der Waals surface area contributed by atoms with Gasteiger partial charge in [-0.15, -0.1) is 0 Å². The summed E-state index contributed by atoms with van der Waals surface area (Å²) in [5.74, 6) is 0. The van der Waals surface area contributed by atoms with E-state index in [1.165, 1.54) is 24.3 Å². The summed E-state index contributed by atoms with van der Waals surface area (Å²) in [5.41, 5.74) is 1.19. The Morgan fingerprint density at radius 2 is 1.07 bits per heavy atom. The molecule has 0 fully saturated rings. The van der Waals surface area contributed by atoms with Gasteiger partial charge in [0.2, 0.25) is 0 Å². The molecule has 0 aliphatic heterocycles. The van der Waals surface area contributed by atoms with Gasteiger partial charge >= 0.3 is 0 Å². The van der Waals surface area contributed by atoms with Gasteiger partial charge in [-0.3, -0.25) is 4.90 Å². The van der Waals surface area contributed by atoms with Crippen molar-refractivity contribution in [1.29, 1.82) is 0 Å². The molecule has 9 heteroatoms. The van der Waals surface area contributed by atoms with Crippen LogP contribution in [0.1, 0.15) is 36.7 Å². The Hall–Kier alpha value is -1.78. The van der Waals surface area contributed by atoms with E-state index in [0.717, 1.165) is 18.9 Å². The van der Waals surface area contributed by atoms with E-state index >= 15 is 0 Å². The topological polar surface area (TPSA) is 112 Å². The van der Waals surface area contributed by atoms with Crippen molar-refractivity contribution in [2.45, 2.75) is 35.3 Å². The molecule has 0 radical (unpaired) electrons. The van der Waals surface area contributed by atoms with Gasteiger partial charge in [-0.25, -0.2) is 16.8 Å². The maximum atomic E-state index is 11.6. The molecule has 2 rings (SSSR count). The second kappa shape index (κ2) is 10.0. The van der Waals surface area contributed by atoms with Crippen molar-refractivity contribution in [3.05, 3.63) is 59.7 Å². The van der Waals surface area contributed by atoms with Gasteiger partial charge < -0.3 is 10.2 Å². The summed E-state index contributed by atoms with van der Waals surface area (Å²) in [6, 6.07) is 12.2. The number of hydrogen-bond acceptors (Lipinski definition) is 7. The molecule has 0 aromatic heterocycles. The second-order valence-electron chi connectivity index (χ2n) is 7.47. The van der Waals surface area contributed by atoms with Crippen LogP contribution in [-0.2, 0) is 19.7 Å². The zero-order chi connectivity index (χ0) is 22.5. The summed E-state index contributed by atoms with van der Waals surface area (Å²) < 4.78 is 46.3. The molecule has 2 atom stereocenters. The third kappa shape index (κ3) is 6.88. The first-order valence-electron chi connectivity index (χ1n) is 9.60. The smallest absolute Gasteiger partial charge is 0.175 e. The fourth-order valence-corrected chi connectivity index (χ4v) is 4.41. The average Bonchev–Trinajstić information content (AvgIpc) is 2.67. The molecule has 7 nitrogen and oxygen atoms in total. The number of aliphatic hydroxyl groups is 2. The highest BCUT2D eigenvalue weighted by molar-refractivity contribution is 7.91. The van der Waals surface area contributed by atoms with Crippen molar-refractivity contribution in [3.63, 3.8) is 0 Å². The first-order chi connectivity index (χ1) is 13.9. The molecule has 0 amide bonds. The summed E-state index contributed by atoms with van der Waals surface area (Å²) in [4.78, 5) is 2.30. The van der Waals surface area contributed by atoms with Crippen LogP contribution in [0.5, 0.6) is 0 Å². The van der Waals surface area contributed by atoms with Crippen molar-refractivity contribution >= 4 is 19.7 Å². The Labute approximate surface area is 178 Å². The second-order valence-corrected chi connectivity index (χ2v) is 11.5. The third-order valence-corrected chi connectivity index (χ3v) is 7.05. The Morgan fingerprint density at radius 3 is 1.33 bits per heavy atom. The van der Waals surface area contributed by atoms with Crippen molar-refractivity contribution < 1.29 is 27.0 Å². The van der Waals surface area contributed by atoms with Gasteiger partial charge in [-0.1, -0.05) is 31.2 Å². The number of nitrogens with zero attached hydrogens (tertiary/aromatic N) is 1. The Morgan fingerprint density at radius 1 is 0.733 bits per heavy atom. The summed E-state index contributed by atoms with van der Waals surface area (Å²) in [5, 5.41) is 21.2. The minimum absolute atomic E-state index is 0.192. The normalized spacial score (nSPS) is 14.6. The predicted molar refractivity (Wildman–Crippen MR) is 116 cm³/mol. The minimum atomic E-state index is -3.30. The van der Waals surface area contributed by atoms with E-state index in [9.17, 15) is 27.0 Å². The number of benzene rings is 2. The number of aliphatic hydroxyl groups excluding tert-OH is 2. The fourth-order valence-electron chi connectivity index (χ4n) is 3.15. The summed E-state index contributed by atoms with van der Waals surface area (Å²) >= 11 is 0. The molecule has 0 aliphatic carbocycles. The lowest BCUT2D eigenvalue weighted by atomic mass is 10.1. The van der Waals surface area contributed by atoms with Crippen LogP contribution in [0.25, 0.3) is 0 Å². The molecule has 166 valence electrons. The standard InChI is InChI=1S/C21H29NO6S2/c1-4-13-22(14-20(23)16-5-9-18(10-6-16)29(2,25)26)15-21(24)17-7-11-19(12-8-17)30(3,27)28/h5-12,20-21,23-24H,4,13-15H2,1-3H3. The number of hydrogen-bond donors (Lipinski definition) is 2. The van der Waals surface area contributed by atoms with E-state index in [0.29, 0.717) is 17.7 Å². The van der Waals surface area contributed by atoms with Crippen molar-refractivity contribution in [1.82, 2.24) is 4.90 Å². The first-order valence-corrected chi connectivity index (χ1v) is 13.4. The first kappa shape index (κ1) is 24.5. The van der Waals surface area contributed by atoms with E-state index in [1.807, 2.05) is 11.8 Å². The highest BCUT2D eigenvalue weighted by Gasteiger charge is 2.19. The van der Waals surface area contributed by atoms with E-state index < -0.39 is 31.9 Å². The summed E-state index contributed by atoms with van der Waals surface area (Å²) in [6.45, 7) is 3.18. The van der Waals surface area contributed by atoms with Crippen molar-refractivity contribution in [2.75, 3.05) is 32.1 Å². The van der Waals surface area contributed by atoms with E-state index in [2.05, 4.69) is 0 Å². The zero-order valence-electron chi connectivity index (χ0n) is 17.4. The molecule has 2 N–H and O–H groups in total. The molecule has 0 heterocycles. The maximum absolute atomic E-state index is 11.6. The van der Waals surface area contributed by atoms with Crippen LogP contribution in [-0.4, -0.2) is 64.1 Å². The molecule has 30 heavy (non-hydrogen) atoms. The van der Waals surface area contributed by atoms with Crippen LogP contribution in [0.3, 0.4) is 0 Å². The Balaban J connectivity index is 2.07. The van der Waals surface area contributed by atoms with Gasteiger partial charge in [0.05, 0.1) is 22.0 Å². The van der Waals surface area contributed by atoms with Gasteiger partial charge in [0.1, 0.15) is 0 Å². The summed E-state index contributed by atoms with van der Waals surface area (Å²) in [6.07, 6.45) is 1.39. The monoisotopic (exact) mass is 455 g/mol. The number of sulfone groups is 2. The lowest BCUT2D eigenvalue weighted by Crippen LogP contribution is -2.33. The quantitative estimate of drug-likeness (QED) is 0.563. The molecule has 0 saturated carbocycles. The average molecular weight is 456 g/mol. The maximum Gasteiger partial charge on any atom is 0.175 e. The molecular formula is C21H29NO6S2. The molecular weight excluding hydrogens is 426 g/mol. The Kier molecular flexibility index (Phi) is 8.18. The van der Waals surface area contributed by atoms with Gasteiger partial charge in [-0.2, -0.15) is 0 Å². The van der Waals surface area contributed by atoms with E-state index in [-0.39, 0.29) is 22.9 Å². The van der Waals surface area contributed by atoms with Gasteiger partial charge in [0, 0.05) is 25.6 Å². The van der Waals surface area contributed by atoms with Crippen molar-refractivity contribution in [3.8, 4) is 0 Å². The molecule has 0 aliphatic rings. The fraction of sp³-hybridized carbons (Fsp3) is 0.429. The lowest BCUT2D eigenvalue weighted by Gasteiger charge is -2.27.